The van der Waals surface area contributed by atoms with E-state index in [1.54, 1.807) is 57.9 Å². The number of aromatic nitrogens is 1. The molecule has 144 valence electrons. The Morgan fingerprint density at radius 2 is 1.57 bits per heavy atom. The molecule has 0 saturated heterocycles. The van der Waals surface area contributed by atoms with Crippen molar-refractivity contribution in [2.45, 2.75) is 0 Å². The van der Waals surface area contributed by atoms with Crippen LogP contribution in [0.3, 0.4) is 0 Å². The van der Waals surface area contributed by atoms with Crippen LogP contribution in [0, 0.1) is 0 Å². The van der Waals surface area contributed by atoms with Gasteiger partial charge in [-0.3, -0.25) is 9.78 Å². The van der Waals surface area contributed by atoms with Gasteiger partial charge >= 0.3 is 0 Å². The summed E-state index contributed by atoms with van der Waals surface area (Å²) in [5.41, 5.74) is 2.45. The molecule has 2 aromatic carbocycles. The van der Waals surface area contributed by atoms with Gasteiger partial charge in [-0.1, -0.05) is 12.1 Å². The van der Waals surface area contributed by atoms with E-state index in [0.29, 0.717) is 34.2 Å². The standard InChI is InChI=1S/C21H21N3O4/c1-26-18-7-5-4-6-17(18)24-21(25)14-10-16(13-22-12-14)23-15-8-9-19(27-2)20(11-15)28-3/h4-13,23H,1-3H3,(H,24,25). The Labute approximate surface area is 163 Å². The third kappa shape index (κ3) is 4.32. The van der Waals surface area contributed by atoms with Crippen LogP contribution in [-0.4, -0.2) is 32.2 Å². The van der Waals surface area contributed by atoms with Crippen molar-refractivity contribution in [3.8, 4) is 17.2 Å². The second-order valence-electron chi connectivity index (χ2n) is 5.81. The Kier molecular flexibility index (Phi) is 5.96. The maximum Gasteiger partial charge on any atom is 0.257 e. The lowest BCUT2D eigenvalue weighted by molar-refractivity contribution is 0.102. The number of amides is 1. The minimum absolute atomic E-state index is 0.284. The van der Waals surface area contributed by atoms with Crippen molar-refractivity contribution >= 4 is 23.0 Å². The van der Waals surface area contributed by atoms with Gasteiger partial charge in [0.25, 0.3) is 5.91 Å². The summed E-state index contributed by atoms with van der Waals surface area (Å²) in [5, 5.41) is 6.04. The quantitative estimate of drug-likeness (QED) is 0.643. The van der Waals surface area contributed by atoms with Gasteiger partial charge in [-0.05, 0) is 30.3 Å². The maximum atomic E-state index is 12.6. The van der Waals surface area contributed by atoms with Gasteiger partial charge in [0, 0.05) is 18.0 Å². The molecule has 0 saturated carbocycles. The van der Waals surface area contributed by atoms with Crippen molar-refractivity contribution < 1.29 is 19.0 Å². The molecule has 1 aromatic heterocycles. The van der Waals surface area contributed by atoms with Gasteiger partial charge in [0.1, 0.15) is 5.75 Å². The zero-order valence-corrected chi connectivity index (χ0v) is 15.9. The van der Waals surface area contributed by atoms with Gasteiger partial charge in [-0.2, -0.15) is 0 Å². The molecule has 0 spiro atoms. The summed E-state index contributed by atoms with van der Waals surface area (Å²) in [6.45, 7) is 0. The highest BCUT2D eigenvalue weighted by molar-refractivity contribution is 6.05. The monoisotopic (exact) mass is 379 g/mol. The van der Waals surface area contributed by atoms with Crippen molar-refractivity contribution in [2.24, 2.45) is 0 Å². The van der Waals surface area contributed by atoms with Crippen molar-refractivity contribution in [3.05, 3.63) is 66.5 Å². The largest absolute Gasteiger partial charge is 0.495 e. The number of nitrogens with zero attached hydrogens (tertiary/aromatic N) is 1. The lowest BCUT2D eigenvalue weighted by atomic mass is 10.2. The number of para-hydroxylation sites is 2. The molecule has 0 aliphatic heterocycles. The number of hydrogen-bond donors (Lipinski definition) is 2. The lowest BCUT2D eigenvalue weighted by Crippen LogP contribution is -2.13. The summed E-state index contributed by atoms with van der Waals surface area (Å²) in [4.78, 5) is 16.8. The SMILES string of the molecule is COc1ccccc1NC(=O)c1cncc(Nc2ccc(OC)c(OC)c2)c1. The Balaban J connectivity index is 1.77. The van der Waals surface area contributed by atoms with E-state index in [1.807, 2.05) is 18.2 Å². The van der Waals surface area contributed by atoms with Crippen LogP contribution in [0.15, 0.2) is 60.9 Å². The van der Waals surface area contributed by atoms with E-state index in [2.05, 4.69) is 15.6 Å². The molecular formula is C21H21N3O4. The van der Waals surface area contributed by atoms with E-state index in [-0.39, 0.29) is 5.91 Å². The second-order valence-corrected chi connectivity index (χ2v) is 5.81. The van der Waals surface area contributed by atoms with E-state index in [1.165, 1.54) is 6.20 Å². The minimum Gasteiger partial charge on any atom is -0.495 e. The summed E-state index contributed by atoms with van der Waals surface area (Å²) in [5.74, 6) is 1.54. The Bertz CT molecular complexity index is 975. The molecule has 28 heavy (non-hydrogen) atoms. The Morgan fingerprint density at radius 1 is 0.821 bits per heavy atom. The first kappa shape index (κ1) is 19.0. The Hall–Kier alpha value is -3.74. The molecule has 0 bridgehead atoms. The van der Waals surface area contributed by atoms with Crippen LogP contribution in [0.25, 0.3) is 0 Å². The predicted octanol–water partition coefficient (Wildman–Crippen LogP) is 4.10. The molecule has 7 heteroatoms. The van der Waals surface area contributed by atoms with Gasteiger partial charge in [0.2, 0.25) is 0 Å². The van der Waals surface area contributed by atoms with Crippen LogP contribution < -0.4 is 24.8 Å². The highest BCUT2D eigenvalue weighted by Crippen LogP contribution is 2.31. The highest BCUT2D eigenvalue weighted by Gasteiger charge is 2.11. The number of pyridine rings is 1. The smallest absolute Gasteiger partial charge is 0.257 e. The summed E-state index contributed by atoms with van der Waals surface area (Å²) in [7, 11) is 4.71. The van der Waals surface area contributed by atoms with Gasteiger partial charge in [-0.15, -0.1) is 0 Å². The van der Waals surface area contributed by atoms with Crippen LogP contribution in [-0.2, 0) is 0 Å². The fourth-order valence-electron chi connectivity index (χ4n) is 2.66. The number of benzene rings is 2. The molecule has 0 aliphatic carbocycles. The van der Waals surface area contributed by atoms with Crippen LogP contribution >= 0.6 is 0 Å². The van der Waals surface area contributed by atoms with E-state index >= 15 is 0 Å². The van der Waals surface area contributed by atoms with Crippen molar-refractivity contribution in [2.75, 3.05) is 32.0 Å². The molecule has 2 N–H and O–H groups in total. The number of carbonyl (C=O) groups excluding carboxylic acids is 1. The van der Waals surface area contributed by atoms with Gasteiger partial charge in [0.05, 0.1) is 44.5 Å². The molecule has 0 atom stereocenters. The first-order chi connectivity index (χ1) is 13.6. The zero-order valence-electron chi connectivity index (χ0n) is 15.9. The van der Waals surface area contributed by atoms with Gasteiger partial charge in [0.15, 0.2) is 11.5 Å². The second kappa shape index (κ2) is 8.77. The third-order valence-electron chi connectivity index (χ3n) is 4.03. The molecule has 0 fully saturated rings. The first-order valence-corrected chi connectivity index (χ1v) is 8.53. The molecule has 0 radical (unpaired) electrons. The first-order valence-electron chi connectivity index (χ1n) is 8.53. The molecule has 0 aliphatic rings. The van der Waals surface area contributed by atoms with Crippen molar-refractivity contribution in [3.63, 3.8) is 0 Å². The van der Waals surface area contributed by atoms with Crippen LogP contribution in [0.2, 0.25) is 0 Å². The van der Waals surface area contributed by atoms with Gasteiger partial charge in [-0.25, -0.2) is 0 Å². The fourth-order valence-corrected chi connectivity index (χ4v) is 2.66. The maximum absolute atomic E-state index is 12.6. The molecule has 7 nitrogen and oxygen atoms in total. The summed E-state index contributed by atoms with van der Waals surface area (Å²) >= 11 is 0. The number of ether oxygens (including phenoxy) is 3. The molecular weight excluding hydrogens is 358 g/mol. The Morgan fingerprint density at radius 3 is 2.32 bits per heavy atom. The number of rotatable bonds is 7. The highest BCUT2D eigenvalue weighted by atomic mass is 16.5. The molecule has 1 amide bonds. The van der Waals surface area contributed by atoms with E-state index in [4.69, 9.17) is 14.2 Å². The van der Waals surface area contributed by atoms with Crippen LogP contribution in [0.4, 0.5) is 17.1 Å². The van der Waals surface area contributed by atoms with E-state index in [9.17, 15) is 4.79 Å². The molecule has 3 rings (SSSR count). The zero-order chi connectivity index (χ0) is 19.9. The summed E-state index contributed by atoms with van der Waals surface area (Å²) in [6, 6.07) is 14.4. The minimum atomic E-state index is -0.284. The molecule has 3 aromatic rings. The normalized spacial score (nSPS) is 10.1. The van der Waals surface area contributed by atoms with E-state index in [0.717, 1.165) is 5.69 Å². The molecule has 0 unspecified atom stereocenters. The van der Waals surface area contributed by atoms with Crippen LogP contribution in [0.1, 0.15) is 10.4 Å². The summed E-state index contributed by atoms with van der Waals surface area (Å²) in [6.07, 6.45) is 3.14. The number of nitrogens with one attached hydrogen (secondary N) is 2. The molecule has 1 heterocycles. The van der Waals surface area contributed by atoms with Crippen LogP contribution in [0.5, 0.6) is 17.2 Å². The number of carbonyl (C=O) groups is 1. The van der Waals surface area contributed by atoms with Gasteiger partial charge < -0.3 is 24.8 Å². The predicted molar refractivity (Wildman–Crippen MR) is 108 cm³/mol. The topological polar surface area (TPSA) is 81.7 Å². The average Bonchev–Trinajstić information content (AvgIpc) is 2.74. The number of hydrogen-bond acceptors (Lipinski definition) is 6. The number of methoxy groups -OCH3 is 3. The summed E-state index contributed by atoms with van der Waals surface area (Å²) < 4.78 is 15.8. The van der Waals surface area contributed by atoms with Crippen molar-refractivity contribution in [1.29, 1.82) is 0 Å². The lowest BCUT2D eigenvalue weighted by Gasteiger charge is -2.12. The average molecular weight is 379 g/mol. The fraction of sp³-hybridized carbons (Fsp3) is 0.143. The van der Waals surface area contributed by atoms with E-state index < -0.39 is 0 Å². The number of anilines is 3. The van der Waals surface area contributed by atoms with Crippen molar-refractivity contribution in [1.82, 2.24) is 4.98 Å². The third-order valence-corrected chi connectivity index (χ3v) is 4.03.